The highest BCUT2D eigenvalue weighted by Crippen LogP contribution is 2.29. The number of aromatic nitrogens is 2. The van der Waals surface area contributed by atoms with Crippen molar-refractivity contribution < 1.29 is 27.5 Å². The van der Waals surface area contributed by atoms with Crippen molar-refractivity contribution in [3.63, 3.8) is 0 Å². The van der Waals surface area contributed by atoms with Crippen molar-refractivity contribution in [2.24, 2.45) is 0 Å². The highest BCUT2D eigenvalue weighted by molar-refractivity contribution is 5.89. The highest BCUT2D eigenvalue weighted by Gasteiger charge is 2.35. The molecule has 0 fully saturated rings. The topological polar surface area (TPSA) is 79.2 Å². The molecular weight excluding hydrogens is 392 g/mol. The zero-order valence-corrected chi connectivity index (χ0v) is 14.9. The number of aliphatic hydroxyl groups excluding tert-OH is 1. The molecule has 0 saturated heterocycles. The molecular formula is C19H16F4N4O2. The van der Waals surface area contributed by atoms with Crippen LogP contribution in [0.2, 0.25) is 0 Å². The summed E-state index contributed by atoms with van der Waals surface area (Å²) in [7, 11) is 0. The number of carbonyl (C=O) groups is 1. The lowest BCUT2D eigenvalue weighted by Gasteiger charge is -2.10. The van der Waals surface area contributed by atoms with Crippen LogP contribution < -0.4 is 10.6 Å². The van der Waals surface area contributed by atoms with E-state index < -0.39 is 23.7 Å². The van der Waals surface area contributed by atoms with E-state index in [9.17, 15) is 22.4 Å². The van der Waals surface area contributed by atoms with Crippen molar-refractivity contribution in [3.05, 3.63) is 77.4 Å². The molecule has 2 amide bonds. The summed E-state index contributed by atoms with van der Waals surface area (Å²) in [5, 5.41) is 17.6. The number of benzene rings is 2. The number of nitrogens with zero attached hydrogens (tertiary/aromatic N) is 2. The first-order chi connectivity index (χ1) is 13.8. The van der Waals surface area contributed by atoms with Crippen molar-refractivity contribution in [1.29, 1.82) is 0 Å². The predicted octanol–water partition coefficient (Wildman–Crippen LogP) is 3.84. The smallest absolute Gasteiger partial charge is 0.392 e. The summed E-state index contributed by atoms with van der Waals surface area (Å²) in [4.78, 5) is 12.1. The molecule has 0 atom stereocenters. The number of hydrogen-bond donors (Lipinski definition) is 3. The van der Waals surface area contributed by atoms with Crippen LogP contribution in [0.25, 0.3) is 5.69 Å². The molecule has 0 aliphatic heterocycles. The molecule has 0 aliphatic rings. The van der Waals surface area contributed by atoms with Crippen LogP contribution in [0.3, 0.4) is 0 Å². The SMILES string of the molecule is O=C(NCc1cc(C(F)(F)F)nn1-c1ccc(F)cc1)Nc1cccc(CO)c1. The highest BCUT2D eigenvalue weighted by atomic mass is 19.4. The zero-order chi connectivity index (χ0) is 21.0. The van der Waals surface area contributed by atoms with E-state index in [-0.39, 0.29) is 24.5 Å². The summed E-state index contributed by atoms with van der Waals surface area (Å²) in [5.41, 5.74) is 0.150. The fourth-order valence-electron chi connectivity index (χ4n) is 2.58. The molecule has 0 bridgehead atoms. The molecule has 3 N–H and O–H groups in total. The van der Waals surface area contributed by atoms with Gasteiger partial charge in [-0.3, -0.25) is 0 Å². The van der Waals surface area contributed by atoms with E-state index in [0.29, 0.717) is 11.3 Å². The largest absolute Gasteiger partial charge is 0.435 e. The van der Waals surface area contributed by atoms with Crippen LogP contribution in [0.5, 0.6) is 0 Å². The van der Waals surface area contributed by atoms with Crippen LogP contribution >= 0.6 is 0 Å². The minimum absolute atomic E-state index is 0.0585. The Balaban J connectivity index is 1.77. The minimum Gasteiger partial charge on any atom is -0.392 e. The summed E-state index contributed by atoms with van der Waals surface area (Å²) < 4.78 is 53.3. The molecule has 3 aromatic rings. The number of hydrogen-bond acceptors (Lipinski definition) is 3. The molecule has 29 heavy (non-hydrogen) atoms. The van der Waals surface area contributed by atoms with Gasteiger partial charge in [-0.15, -0.1) is 0 Å². The number of rotatable bonds is 5. The van der Waals surface area contributed by atoms with E-state index in [1.807, 2.05) is 0 Å². The van der Waals surface area contributed by atoms with Gasteiger partial charge in [0.05, 0.1) is 24.5 Å². The first kappa shape index (κ1) is 20.3. The predicted molar refractivity (Wildman–Crippen MR) is 96.7 cm³/mol. The second-order valence-corrected chi connectivity index (χ2v) is 6.07. The van der Waals surface area contributed by atoms with E-state index in [2.05, 4.69) is 15.7 Å². The Bertz CT molecular complexity index is 1000. The lowest BCUT2D eigenvalue weighted by atomic mass is 10.2. The molecule has 6 nitrogen and oxygen atoms in total. The summed E-state index contributed by atoms with van der Waals surface area (Å²) >= 11 is 0. The Hall–Kier alpha value is -3.40. The minimum atomic E-state index is -4.67. The number of urea groups is 1. The second-order valence-electron chi connectivity index (χ2n) is 6.07. The first-order valence-electron chi connectivity index (χ1n) is 8.43. The number of carbonyl (C=O) groups excluding carboxylic acids is 1. The van der Waals surface area contributed by atoms with Gasteiger partial charge >= 0.3 is 12.2 Å². The average Bonchev–Trinajstić information content (AvgIpc) is 3.12. The van der Waals surface area contributed by atoms with Crippen LogP contribution in [0.1, 0.15) is 17.0 Å². The van der Waals surface area contributed by atoms with Crippen LogP contribution in [0.4, 0.5) is 28.0 Å². The summed E-state index contributed by atoms with van der Waals surface area (Å²) in [6.45, 7) is -0.458. The van der Waals surface area contributed by atoms with E-state index in [0.717, 1.165) is 22.9 Å². The molecule has 0 radical (unpaired) electrons. The van der Waals surface area contributed by atoms with E-state index in [1.165, 1.54) is 12.1 Å². The standard InChI is InChI=1S/C19H16F4N4O2/c20-13-4-6-15(7-5-13)27-16(9-17(26-27)19(21,22)23)10-24-18(29)25-14-3-1-2-12(8-14)11-28/h1-9,28H,10-11H2,(H2,24,25,29). The number of amides is 2. The Morgan fingerprint density at radius 2 is 1.83 bits per heavy atom. The van der Waals surface area contributed by atoms with Gasteiger partial charge in [0.1, 0.15) is 5.82 Å². The molecule has 2 aromatic carbocycles. The van der Waals surface area contributed by atoms with E-state index >= 15 is 0 Å². The van der Waals surface area contributed by atoms with Crippen LogP contribution in [0, 0.1) is 5.82 Å². The monoisotopic (exact) mass is 408 g/mol. The molecule has 0 spiro atoms. The molecule has 0 saturated carbocycles. The maximum atomic E-state index is 13.1. The fraction of sp³-hybridized carbons (Fsp3) is 0.158. The Morgan fingerprint density at radius 3 is 2.48 bits per heavy atom. The molecule has 1 aromatic heterocycles. The first-order valence-corrected chi connectivity index (χ1v) is 8.43. The third-order valence-corrected chi connectivity index (χ3v) is 3.94. The van der Waals surface area contributed by atoms with Crippen molar-refractivity contribution >= 4 is 11.7 Å². The normalized spacial score (nSPS) is 11.3. The lowest BCUT2D eigenvalue weighted by Crippen LogP contribution is -2.29. The van der Waals surface area contributed by atoms with Gasteiger partial charge in [0.15, 0.2) is 5.69 Å². The van der Waals surface area contributed by atoms with Gasteiger partial charge in [0.2, 0.25) is 0 Å². The zero-order valence-electron chi connectivity index (χ0n) is 14.9. The number of halogens is 4. The molecule has 0 unspecified atom stereocenters. The molecule has 10 heteroatoms. The number of anilines is 1. The quantitative estimate of drug-likeness (QED) is 0.562. The Kier molecular flexibility index (Phi) is 5.83. The Morgan fingerprint density at radius 1 is 1.10 bits per heavy atom. The van der Waals surface area contributed by atoms with Gasteiger partial charge in [-0.25, -0.2) is 13.9 Å². The number of aliphatic hydroxyl groups is 1. The molecule has 1 heterocycles. The molecule has 3 rings (SSSR count). The summed E-state index contributed by atoms with van der Waals surface area (Å²) in [6, 6.07) is 11.4. The van der Waals surface area contributed by atoms with E-state index in [4.69, 9.17) is 5.11 Å². The molecule has 152 valence electrons. The van der Waals surface area contributed by atoms with E-state index in [1.54, 1.807) is 24.3 Å². The maximum absolute atomic E-state index is 13.1. The van der Waals surface area contributed by atoms with Gasteiger partial charge in [0.25, 0.3) is 0 Å². The third-order valence-electron chi connectivity index (χ3n) is 3.94. The van der Waals surface area contributed by atoms with Crippen LogP contribution in [-0.2, 0) is 19.3 Å². The lowest BCUT2D eigenvalue weighted by molar-refractivity contribution is -0.141. The van der Waals surface area contributed by atoms with Gasteiger partial charge in [-0.1, -0.05) is 12.1 Å². The van der Waals surface area contributed by atoms with Crippen molar-refractivity contribution in [3.8, 4) is 5.69 Å². The van der Waals surface area contributed by atoms with Gasteiger partial charge in [-0.05, 0) is 48.0 Å². The van der Waals surface area contributed by atoms with Gasteiger partial charge < -0.3 is 15.7 Å². The van der Waals surface area contributed by atoms with Crippen molar-refractivity contribution in [2.45, 2.75) is 19.3 Å². The summed E-state index contributed by atoms with van der Waals surface area (Å²) in [5.74, 6) is -0.541. The van der Waals surface area contributed by atoms with Crippen molar-refractivity contribution in [2.75, 3.05) is 5.32 Å². The van der Waals surface area contributed by atoms with Crippen LogP contribution in [-0.4, -0.2) is 20.9 Å². The second kappa shape index (κ2) is 8.31. The van der Waals surface area contributed by atoms with Gasteiger partial charge in [-0.2, -0.15) is 18.3 Å². The molecule has 0 aliphatic carbocycles. The fourth-order valence-corrected chi connectivity index (χ4v) is 2.58. The van der Waals surface area contributed by atoms with Crippen LogP contribution in [0.15, 0.2) is 54.6 Å². The van der Waals surface area contributed by atoms with Crippen molar-refractivity contribution in [1.82, 2.24) is 15.1 Å². The number of nitrogens with one attached hydrogen (secondary N) is 2. The third kappa shape index (κ3) is 5.11. The number of alkyl halides is 3. The maximum Gasteiger partial charge on any atom is 0.435 e. The average molecular weight is 408 g/mol. The van der Waals surface area contributed by atoms with Gasteiger partial charge in [0, 0.05) is 5.69 Å². The summed E-state index contributed by atoms with van der Waals surface area (Å²) in [6.07, 6.45) is -4.67. The Labute approximate surface area is 162 Å².